The smallest absolute Gasteiger partial charge is 0.253 e. The number of carbonyl (C=O) groups is 1. The normalized spacial score (nSPS) is 15.1. The van der Waals surface area contributed by atoms with Crippen LogP contribution < -0.4 is 14.8 Å². The van der Waals surface area contributed by atoms with Crippen LogP contribution in [0.5, 0.6) is 11.5 Å². The summed E-state index contributed by atoms with van der Waals surface area (Å²) in [6.07, 6.45) is 5.19. The van der Waals surface area contributed by atoms with Crippen LogP contribution in [0.1, 0.15) is 48.2 Å². The summed E-state index contributed by atoms with van der Waals surface area (Å²) < 4.78 is 11.4. The Kier molecular flexibility index (Phi) is 7.94. The van der Waals surface area contributed by atoms with E-state index in [9.17, 15) is 4.79 Å². The highest BCUT2D eigenvalue weighted by Gasteiger charge is 2.22. The number of hydrogen-bond donors (Lipinski definition) is 1. The molecular weight excluding hydrogens is 402 g/mol. The Labute approximate surface area is 183 Å². The van der Waals surface area contributed by atoms with E-state index in [4.69, 9.17) is 21.1 Å². The molecule has 0 spiro atoms. The summed E-state index contributed by atoms with van der Waals surface area (Å²) in [6.45, 7) is 9.53. The monoisotopic (exact) mass is 431 g/mol. The van der Waals surface area contributed by atoms with Crippen molar-refractivity contribution < 1.29 is 14.3 Å². The van der Waals surface area contributed by atoms with Crippen LogP contribution in [0.15, 0.2) is 30.6 Å². The SMILES string of the molecule is CCOc1cc(CN2CCC(NC(=O)c3cncc(C)c3)CC2)cc(OCC)c1Cl. The summed E-state index contributed by atoms with van der Waals surface area (Å²) >= 11 is 6.40. The number of aryl methyl sites for hydroxylation is 1. The Morgan fingerprint density at radius 3 is 2.33 bits per heavy atom. The molecule has 0 radical (unpaired) electrons. The fraction of sp³-hybridized carbons (Fsp3) is 0.478. The molecule has 0 bridgehead atoms. The zero-order chi connectivity index (χ0) is 21.5. The predicted octanol–water partition coefficient (Wildman–Crippen LogP) is 4.24. The van der Waals surface area contributed by atoms with Gasteiger partial charge in [-0.2, -0.15) is 0 Å². The zero-order valence-corrected chi connectivity index (χ0v) is 18.7. The molecule has 1 aliphatic rings. The van der Waals surface area contributed by atoms with Gasteiger partial charge in [0.25, 0.3) is 5.91 Å². The molecule has 1 fully saturated rings. The molecule has 0 atom stereocenters. The Bertz CT molecular complexity index is 840. The number of nitrogens with one attached hydrogen (secondary N) is 1. The second-order valence-electron chi connectivity index (χ2n) is 7.55. The summed E-state index contributed by atoms with van der Waals surface area (Å²) in [5.74, 6) is 1.27. The van der Waals surface area contributed by atoms with Crippen molar-refractivity contribution in [3.8, 4) is 11.5 Å². The highest BCUT2D eigenvalue weighted by molar-refractivity contribution is 6.33. The number of amides is 1. The molecule has 7 heteroatoms. The third kappa shape index (κ3) is 5.86. The standard InChI is InChI=1S/C23H30ClN3O3/c1-4-29-20-11-17(12-21(22(20)24)30-5-2)15-27-8-6-19(7-9-27)26-23(28)18-10-16(3)13-25-14-18/h10-14,19H,4-9,15H2,1-3H3,(H,26,28). The van der Waals surface area contributed by atoms with Crippen LogP contribution in [-0.2, 0) is 6.54 Å². The molecule has 0 saturated carbocycles. The number of aromatic nitrogens is 1. The molecule has 1 aromatic carbocycles. The summed E-state index contributed by atoms with van der Waals surface area (Å²) in [7, 11) is 0. The van der Waals surface area contributed by atoms with Crippen molar-refractivity contribution in [2.75, 3.05) is 26.3 Å². The molecule has 1 aromatic heterocycles. The van der Waals surface area contributed by atoms with Gasteiger partial charge in [-0.15, -0.1) is 0 Å². The van der Waals surface area contributed by atoms with Gasteiger partial charge in [0, 0.05) is 38.1 Å². The highest BCUT2D eigenvalue weighted by atomic mass is 35.5. The lowest BCUT2D eigenvalue weighted by molar-refractivity contribution is 0.0908. The molecule has 0 unspecified atom stereocenters. The summed E-state index contributed by atoms with van der Waals surface area (Å²) in [5, 5.41) is 3.67. The van der Waals surface area contributed by atoms with Gasteiger partial charge in [-0.05, 0) is 62.9 Å². The minimum atomic E-state index is -0.0509. The zero-order valence-electron chi connectivity index (χ0n) is 17.9. The number of ether oxygens (including phenoxy) is 2. The number of benzene rings is 1. The summed E-state index contributed by atoms with van der Waals surface area (Å²) in [4.78, 5) is 18.9. The van der Waals surface area contributed by atoms with Crippen LogP contribution in [0.25, 0.3) is 0 Å². The van der Waals surface area contributed by atoms with Crippen LogP contribution in [0.4, 0.5) is 0 Å². The van der Waals surface area contributed by atoms with Crippen LogP contribution >= 0.6 is 11.6 Å². The number of rotatable bonds is 8. The molecule has 6 nitrogen and oxygen atoms in total. The number of pyridine rings is 1. The van der Waals surface area contributed by atoms with Crippen LogP contribution in [0.2, 0.25) is 5.02 Å². The van der Waals surface area contributed by atoms with Gasteiger partial charge < -0.3 is 14.8 Å². The highest BCUT2D eigenvalue weighted by Crippen LogP contribution is 2.36. The Hall–Kier alpha value is -2.31. The van der Waals surface area contributed by atoms with Gasteiger partial charge in [-0.1, -0.05) is 11.6 Å². The maximum absolute atomic E-state index is 12.5. The third-order valence-corrected chi connectivity index (χ3v) is 5.50. The van der Waals surface area contributed by atoms with Crippen molar-refractivity contribution in [2.24, 2.45) is 0 Å². The van der Waals surface area contributed by atoms with Crippen molar-refractivity contribution in [1.82, 2.24) is 15.2 Å². The van der Waals surface area contributed by atoms with Gasteiger partial charge in [0.2, 0.25) is 0 Å². The third-order valence-electron chi connectivity index (χ3n) is 5.13. The Balaban J connectivity index is 1.57. The molecular formula is C23H30ClN3O3. The van der Waals surface area contributed by atoms with Crippen LogP contribution in [-0.4, -0.2) is 48.1 Å². The fourth-order valence-electron chi connectivity index (χ4n) is 3.68. The first kappa shape index (κ1) is 22.4. The minimum absolute atomic E-state index is 0.0509. The van der Waals surface area contributed by atoms with Crippen molar-refractivity contribution >= 4 is 17.5 Å². The first-order valence-electron chi connectivity index (χ1n) is 10.5. The largest absolute Gasteiger partial charge is 0.492 e. The van der Waals surface area contributed by atoms with Gasteiger partial charge in [-0.25, -0.2) is 0 Å². The van der Waals surface area contributed by atoms with E-state index in [0.717, 1.165) is 43.6 Å². The van der Waals surface area contributed by atoms with E-state index in [0.29, 0.717) is 35.3 Å². The van der Waals surface area contributed by atoms with Crippen molar-refractivity contribution in [3.63, 3.8) is 0 Å². The van der Waals surface area contributed by atoms with Gasteiger partial charge >= 0.3 is 0 Å². The molecule has 1 amide bonds. The van der Waals surface area contributed by atoms with Gasteiger partial charge in [0.15, 0.2) is 0 Å². The lowest BCUT2D eigenvalue weighted by atomic mass is 10.0. The average molecular weight is 432 g/mol. The molecule has 2 aromatic rings. The second-order valence-corrected chi connectivity index (χ2v) is 7.92. The quantitative estimate of drug-likeness (QED) is 0.677. The topological polar surface area (TPSA) is 63.7 Å². The van der Waals surface area contributed by atoms with E-state index in [-0.39, 0.29) is 11.9 Å². The Morgan fingerprint density at radius 2 is 1.77 bits per heavy atom. The van der Waals surface area contributed by atoms with Crippen molar-refractivity contribution in [2.45, 2.75) is 46.2 Å². The lowest BCUT2D eigenvalue weighted by Gasteiger charge is -2.32. The summed E-state index contributed by atoms with van der Waals surface area (Å²) in [6, 6.07) is 6.03. The van der Waals surface area contributed by atoms with Crippen LogP contribution in [0, 0.1) is 6.92 Å². The molecule has 30 heavy (non-hydrogen) atoms. The van der Waals surface area contributed by atoms with Gasteiger partial charge in [0.1, 0.15) is 16.5 Å². The fourth-order valence-corrected chi connectivity index (χ4v) is 3.90. The van der Waals surface area contributed by atoms with E-state index in [1.54, 1.807) is 12.4 Å². The molecule has 1 saturated heterocycles. The van der Waals surface area contributed by atoms with Crippen molar-refractivity contribution in [1.29, 1.82) is 0 Å². The van der Waals surface area contributed by atoms with E-state index >= 15 is 0 Å². The number of likely N-dealkylation sites (tertiary alicyclic amines) is 1. The number of hydrogen-bond acceptors (Lipinski definition) is 5. The van der Waals surface area contributed by atoms with Crippen molar-refractivity contribution in [3.05, 3.63) is 52.3 Å². The molecule has 0 aliphatic carbocycles. The maximum Gasteiger partial charge on any atom is 0.253 e. The Morgan fingerprint density at radius 1 is 1.13 bits per heavy atom. The molecule has 2 heterocycles. The van der Waals surface area contributed by atoms with E-state index in [1.165, 1.54) is 0 Å². The number of carbonyl (C=O) groups excluding carboxylic acids is 1. The molecule has 1 aliphatic heterocycles. The first-order chi connectivity index (χ1) is 14.5. The van der Waals surface area contributed by atoms with E-state index in [1.807, 2.05) is 39.0 Å². The lowest BCUT2D eigenvalue weighted by Crippen LogP contribution is -2.44. The van der Waals surface area contributed by atoms with Gasteiger partial charge in [-0.3, -0.25) is 14.7 Å². The molecule has 3 rings (SSSR count). The number of piperidine rings is 1. The average Bonchev–Trinajstić information content (AvgIpc) is 2.73. The van der Waals surface area contributed by atoms with E-state index in [2.05, 4.69) is 15.2 Å². The van der Waals surface area contributed by atoms with Gasteiger partial charge in [0.05, 0.1) is 18.8 Å². The molecule has 162 valence electrons. The van der Waals surface area contributed by atoms with E-state index < -0.39 is 0 Å². The number of nitrogens with zero attached hydrogens (tertiary/aromatic N) is 2. The number of halogens is 1. The predicted molar refractivity (Wildman–Crippen MR) is 119 cm³/mol. The first-order valence-corrected chi connectivity index (χ1v) is 10.9. The maximum atomic E-state index is 12.5. The minimum Gasteiger partial charge on any atom is -0.492 e. The summed E-state index contributed by atoms with van der Waals surface area (Å²) in [5.41, 5.74) is 2.71. The van der Waals surface area contributed by atoms with Crippen LogP contribution in [0.3, 0.4) is 0 Å². The second kappa shape index (κ2) is 10.6. The molecule has 1 N–H and O–H groups in total.